The minimum Gasteiger partial charge on any atom is -0.406 e. The van der Waals surface area contributed by atoms with Gasteiger partial charge in [-0.05, 0) is 79.6 Å². The molecular weight excluding hydrogens is 601 g/mol. The Morgan fingerprint density at radius 3 is 2.51 bits per heavy atom. The summed E-state index contributed by atoms with van der Waals surface area (Å²) in [5.74, 6) is 1.60. The minimum atomic E-state index is -4.74. The van der Waals surface area contributed by atoms with Crippen LogP contribution in [0.4, 0.5) is 18.9 Å². The molecule has 1 aromatic heterocycles. The maximum atomic E-state index is 12.4. The number of hydrogen-bond acceptors (Lipinski definition) is 7. The SMILES string of the molecule is CC(C)c1ccccc1N1CCCSC1=NC(O)NCCCCc1ccc(-c2ncn(-c3ccc(OC(F)(F)F)cc3)n2)cc1. The van der Waals surface area contributed by atoms with E-state index in [-0.39, 0.29) is 5.75 Å². The molecule has 5 rings (SSSR count). The molecule has 45 heavy (non-hydrogen) atoms. The maximum Gasteiger partial charge on any atom is 0.573 e. The highest BCUT2D eigenvalue weighted by Crippen LogP contribution is 2.32. The van der Waals surface area contributed by atoms with Gasteiger partial charge in [-0.15, -0.1) is 18.3 Å². The Hall–Kier alpha value is -3.87. The minimum absolute atomic E-state index is 0.294. The van der Waals surface area contributed by atoms with Crippen LogP contribution in [-0.4, -0.2) is 56.6 Å². The molecule has 8 nitrogen and oxygen atoms in total. The molecule has 12 heteroatoms. The first-order valence-electron chi connectivity index (χ1n) is 15.0. The smallest absolute Gasteiger partial charge is 0.406 e. The number of amidine groups is 1. The van der Waals surface area contributed by atoms with Crippen molar-refractivity contribution in [1.29, 1.82) is 0 Å². The highest BCUT2D eigenvalue weighted by atomic mass is 32.2. The van der Waals surface area contributed by atoms with Crippen LogP contribution in [0.1, 0.15) is 50.2 Å². The van der Waals surface area contributed by atoms with E-state index in [1.54, 1.807) is 11.8 Å². The number of aromatic nitrogens is 3. The van der Waals surface area contributed by atoms with Gasteiger partial charge in [-0.2, -0.15) is 0 Å². The Morgan fingerprint density at radius 1 is 1.02 bits per heavy atom. The summed E-state index contributed by atoms with van der Waals surface area (Å²) in [6, 6.07) is 21.9. The molecule has 238 valence electrons. The molecule has 1 saturated heterocycles. The average molecular weight is 639 g/mol. The number of unbranched alkanes of at least 4 members (excludes halogenated alkanes) is 1. The van der Waals surface area contributed by atoms with Gasteiger partial charge in [-0.3, -0.25) is 5.32 Å². The summed E-state index contributed by atoms with van der Waals surface area (Å²) in [6.45, 7) is 5.92. The van der Waals surface area contributed by atoms with Gasteiger partial charge in [0, 0.05) is 23.5 Å². The Balaban J connectivity index is 1.08. The zero-order valence-corrected chi connectivity index (χ0v) is 26.1. The molecule has 1 unspecified atom stereocenters. The van der Waals surface area contributed by atoms with Crippen molar-refractivity contribution in [2.45, 2.75) is 58.2 Å². The molecule has 0 bridgehead atoms. The number of nitrogens with zero attached hydrogens (tertiary/aromatic N) is 5. The lowest BCUT2D eigenvalue weighted by atomic mass is 10.0. The fraction of sp³-hybridized carbons (Fsp3) is 0.364. The third kappa shape index (κ3) is 9.09. The monoisotopic (exact) mass is 638 g/mol. The molecule has 1 aliphatic rings. The number of rotatable bonds is 12. The van der Waals surface area contributed by atoms with E-state index in [9.17, 15) is 18.3 Å². The van der Waals surface area contributed by atoms with Gasteiger partial charge in [0.15, 0.2) is 11.0 Å². The van der Waals surface area contributed by atoms with Crippen molar-refractivity contribution >= 4 is 22.6 Å². The Labute approximate surface area is 265 Å². The first-order chi connectivity index (χ1) is 21.7. The van der Waals surface area contributed by atoms with Crippen molar-refractivity contribution in [2.75, 3.05) is 23.7 Å². The van der Waals surface area contributed by atoms with Crippen LogP contribution in [-0.2, 0) is 6.42 Å². The average Bonchev–Trinajstić information content (AvgIpc) is 3.51. The molecule has 2 heterocycles. The number of aliphatic imine (C=N–C) groups is 1. The summed E-state index contributed by atoms with van der Waals surface area (Å²) >= 11 is 1.68. The van der Waals surface area contributed by atoms with Crippen molar-refractivity contribution in [1.82, 2.24) is 20.1 Å². The normalized spacial score (nSPS) is 15.5. The van der Waals surface area contributed by atoms with Crippen LogP contribution >= 0.6 is 11.8 Å². The highest BCUT2D eigenvalue weighted by Gasteiger charge is 2.31. The van der Waals surface area contributed by atoms with E-state index in [1.807, 2.05) is 24.3 Å². The van der Waals surface area contributed by atoms with Gasteiger partial charge in [-0.1, -0.05) is 68.1 Å². The Bertz CT molecular complexity index is 1560. The molecule has 2 N–H and O–H groups in total. The molecule has 1 atom stereocenters. The Kier molecular flexibility index (Phi) is 10.8. The lowest BCUT2D eigenvalue weighted by Crippen LogP contribution is -2.38. The number of anilines is 1. The number of alkyl halides is 3. The number of aliphatic hydroxyl groups is 1. The molecular formula is C33H37F3N6O2S. The van der Waals surface area contributed by atoms with Crippen molar-refractivity contribution in [3.63, 3.8) is 0 Å². The summed E-state index contributed by atoms with van der Waals surface area (Å²) in [7, 11) is 0. The number of ether oxygens (including phenoxy) is 1. The summed E-state index contributed by atoms with van der Waals surface area (Å²) < 4.78 is 42.6. The van der Waals surface area contributed by atoms with Crippen molar-refractivity contribution in [3.8, 4) is 22.8 Å². The van der Waals surface area contributed by atoms with Crippen LogP contribution in [0.2, 0.25) is 0 Å². The lowest BCUT2D eigenvalue weighted by molar-refractivity contribution is -0.274. The van der Waals surface area contributed by atoms with Crippen molar-refractivity contribution < 1.29 is 23.0 Å². The van der Waals surface area contributed by atoms with Gasteiger partial charge in [0.25, 0.3) is 0 Å². The van der Waals surface area contributed by atoms with E-state index in [1.165, 1.54) is 46.4 Å². The molecule has 0 aliphatic carbocycles. The number of para-hydroxylation sites is 1. The third-order valence-electron chi connectivity index (χ3n) is 7.33. The number of benzene rings is 3. The van der Waals surface area contributed by atoms with Crippen LogP contribution in [0.5, 0.6) is 5.75 Å². The number of hydrogen-bond donors (Lipinski definition) is 2. The highest BCUT2D eigenvalue weighted by molar-refractivity contribution is 8.14. The number of aliphatic hydroxyl groups excluding tert-OH is 1. The Morgan fingerprint density at radius 2 is 1.78 bits per heavy atom. The zero-order valence-electron chi connectivity index (χ0n) is 25.2. The molecule has 3 aromatic carbocycles. The largest absolute Gasteiger partial charge is 0.573 e. The van der Waals surface area contributed by atoms with Crippen LogP contribution < -0.4 is 15.0 Å². The number of nitrogens with one attached hydrogen (secondary N) is 1. The van der Waals surface area contributed by atoms with E-state index in [4.69, 9.17) is 0 Å². The first-order valence-corrected chi connectivity index (χ1v) is 16.0. The number of halogens is 3. The fourth-order valence-electron chi connectivity index (χ4n) is 5.09. The molecule has 1 fully saturated rings. The van der Waals surface area contributed by atoms with Crippen LogP contribution in [0.15, 0.2) is 84.1 Å². The van der Waals surface area contributed by atoms with E-state index in [2.05, 4.69) is 68.1 Å². The predicted octanol–water partition coefficient (Wildman–Crippen LogP) is 7.14. The van der Waals surface area contributed by atoms with Gasteiger partial charge in [-0.25, -0.2) is 14.7 Å². The number of thioether (sulfide) groups is 1. The van der Waals surface area contributed by atoms with Crippen molar-refractivity contribution in [3.05, 3.63) is 90.3 Å². The quantitative estimate of drug-likeness (QED) is 0.126. The summed E-state index contributed by atoms with van der Waals surface area (Å²) in [4.78, 5) is 11.2. The summed E-state index contributed by atoms with van der Waals surface area (Å²) in [5, 5.41) is 19.1. The lowest BCUT2D eigenvalue weighted by Gasteiger charge is -2.32. The second kappa shape index (κ2) is 14.9. The summed E-state index contributed by atoms with van der Waals surface area (Å²) in [6.07, 6.45) is -0.394. The van der Waals surface area contributed by atoms with E-state index >= 15 is 0 Å². The molecule has 1 aliphatic heterocycles. The predicted molar refractivity (Wildman–Crippen MR) is 173 cm³/mol. The zero-order chi connectivity index (χ0) is 31.8. The second-order valence-corrected chi connectivity index (χ2v) is 12.1. The van der Waals surface area contributed by atoms with E-state index < -0.39 is 12.7 Å². The van der Waals surface area contributed by atoms with Gasteiger partial charge >= 0.3 is 6.36 Å². The molecule has 0 spiro atoms. The first kappa shape index (κ1) is 32.5. The number of aryl methyl sites for hydroxylation is 1. The third-order valence-corrected chi connectivity index (χ3v) is 8.41. The molecule has 0 amide bonds. The van der Waals surface area contributed by atoms with E-state index in [0.717, 1.165) is 54.4 Å². The standard InChI is InChI=1S/C33H37F3N6O2S/c1-23(2)28-9-3-4-10-29(28)41-20-7-21-45-32(41)39-31(43)37-19-6-5-8-24-11-13-25(14-12-24)30-38-22-42(40-30)26-15-17-27(18-16-26)44-33(34,35)36/h3-4,9-18,22-23,31,37,43H,5-8,19-21H2,1-2H3. The van der Waals surface area contributed by atoms with Gasteiger partial charge in [0.1, 0.15) is 12.1 Å². The fourth-order valence-corrected chi connectivity index (χ4v) is 6.06. The van der Waals surface area contributed by atoms with Crippen LogP contribution in [0, 0.1) is 0 Å². The molecule has 0 radical (unpaired) electrons. The van der Waals surface area contributed by atoms with Gasteiger partial charge in [0.05, 0.1) is 5.69 Å². The molecule has 4 aromatic rings. The topological polar surface area (TPSA) is 87.8 Å². The summed E-state index contributed by atoms with van der Waals surface area (Å²) in [5.41, 5.74) is 5.02. The van der Waals surface area contributed by atoms with Gasteiger partial charge in [0.2, 0.25) is 6.35 Å². The van der Waals surface area contributed by atoms with Crippen molar-refractivity contribution in [2.24, 2.45) is 4.99 Å². The van der Waals surface area contributed by atoms with E-state index in [0.29, 0.717) is 24.0 Å². The molecule has 0 saturated carbocycles. The van der Waals surface area contributed by atoms with Gasteiger partial charge < -0.3 is 14.7 Å². The maximum absolute atomic E-state index is 12.4. The van der Waals surface area contributed by atoms with Crippen LogP contribution in [0.25, 0.3) is 17.1 Å². The second-order valence-electron chi connectivity index (χ2n) is 11.0. The van der Waals surface area contributed by atoms with Crippen LogP contribution in [0.3, 0.4) is 0 Å².